The molecule has 3 aromatic heterocycles. The molecule has 12 aromatic rings. The molecule has 0 atom stereocenters. The normalized spacial score (nSPS) is 12.2. The SMILES string of the molecule is c1ccc(-n2c(-c3ccc(N4c5ccc(-c6nc7ccccc7n6-c6ccccc6)cc5Sc5cc(-c6nc7ccccc7n6-c6ccccc6)ccc54)cc3)nc3ccccc32)cc1. The summed E-state index contributed by atoms with van der Waals surface area (Å²) in [4.78, 5) is 20.3. The van der Waals surface area contributed by atoms with Gasteiger partial charge < -0.3 is 4.90 Å². The van der Waals surface area contributed by atoms with E-state index in [0.29, 0.717) is 0 Å². The summed E-state index contributed by atoms with van der Waals surface area (Å²) in [6.45, 7) is 0. The molecule has 0 aliphatic carbocycles. The quantitative estimate of drug-likeness (QED) is 0.160. The molecular weight excluding hydrogens is 815 g/mol. The van der Waals surface area contributed by atoms with Crippen LogP contribution in [0.25, 0.3) is 84.3 Å². The highest BCUT2D eigenvalue weighted by atomic mass is 32.2. The van der Waals surface area contributed by atoms with Crippen LogP contribution in [0.1, 0.15) is 0 Å². The van der Waals surface area contributed by atoms with Gasteiger partial charge in [-0.3, -0.25) is 13.7 Å². The maximum atomic E-state index is 5.25. The number of hydrogen-bond donors (Lipinski definition) is 0. The lowest BCUT2D eigenvalue weighted by atomic mass is 10.1. The Morgan fingerprint density at radius 1 is 0.292 bits per heavy atom. The highest BCUT2D eigenvalue weighted by molar-refractivity contribution is 7.99. The van der Waals surface area contributed by atoms with Crippen LogP contribution < -0.4 is 4.90 Å². The molecule has 306 valence electrons. The summed E-state index contributed by atoms with van der Waals surface area (Å²) >= 11 is 1.79. The van der Waals surface area contributed by atoms with Gasteiger partial charge in [0.25, 0.3) is 0 Å². The molecule has 0 bridgehead atoms. The van der Waals surface area contributed by atoms with Crippen LogP contribution in [0.4, 0.5) is 17.1 Å². The average Bonchev–Trinajstić information content (AvgIpc) is 4.09. The van der Waals surface area contributed by atoms with Crippen LogP contribution in [-0.2, 0) is 0 Å². The van der Waals surface area contributed by atoms with Gasteiger partial charge in [0.15, 0.2) is 0 Å². The number of fused-ring (bicyclic) bond motifs is 5. The molecule has 0 saturated heterocycles. The first kappa shape index (κ1) is 37.1. The molecule has 0 spiro atoms. The maximum Gasteiger partial charge on any atom is 0.145 e. The van der Waals surface area contributed by atoms with Gasteiger partial charge in [-0.2, -0.15) is 0 Å². The first-order valence-electron chi connectivity index (χ1n) is 21.7. The Morgan fingerprint density at radius 3 is 1.03 bits per heavy atom. The molecule has 0 fully saturated rings. The largest absolute Gasteiger partial charge is 0.308 e. The molecule has 0 saturated carbocycles. The van der Waals surface area contributed by atoms with Crippen LogP contribution in [0.5, 0.6) is 0 Å². The van der Waals surface area contributed by atoms with Gasteiger partial charge in [0.2, 0.25) is 0 Å². The molecule has 8 heteroatoms. The topological polar surface area (TPSA) is 56.7 Å². The van der Waals surface area contributed by atoms with Crippen molar-refractivity contribution >= 4 is 61.9 Å². The van der Waals surface area contributed by atoms with Crippen LogP contribution in [0.3, 0.4) is 0 Å². The molecule has 4 heterocycles. The van der Waals surface area contributed by atoms with Gasteiger partial charge in [-0.25, -0.2) is 15.0 Å². The van der Waals surface area contributed by atoms with E-state index in [4.69, 9.17) is 15.0 Å². The van der Waals surface area contributed by atoms with Crippen molar-refractivity contribution in [3.05, 3.63) is 224 Å². The van der Waals surface area contributed by atoms with Crippen molar-refractivity contribution < 1.29 is 0 Å². The van der Waals surface area contributed by atoms with E-state index in [1.54, 1.807) is 11.8 Å². The minimum absolute atomic E-state index is 0.897. The fourth-order valence-corrected chi connectivity index (χ4v) is 10.4. The lowest BCUT2D eigenvalue weighted by Crippen LogP contribution is -2.15. The van der Waals surface area contributed by atoms with E-state index in [2.05, 4.69) is 237 Å². The summed E-state index contributed by atoms with van der Waals surface area (Å²) < 4.78 is 6.79. The number of anilines is 3. The summed E-state index contributed by atoms with van der Waals surface area (Å²) in [6, 6.07) is 78.9. The number of rotatable bonds is 7. The number of imidazole rings is 3. The summed E-state index contributed by atoms with van der Waals surface area (Å²) in [5.74, 6) is 2.69. The van der Waals surface area contributed by atoms with Gasteiger partial charge >= 0.3 is 0 Å². The summed E-state index contributed by atoms with van der Waals surface area (Å²) in [6.07, 6.45) is 0. The van der Waals surface area contributed by atoms with Crippen LogP contribution in [0, 0.1) is 0 Å². The Balaban J connectivity index is 0.978. The zero-order valence-corrected chi connectivity index (χ0v) is 35.7. The predicted octanol–water partition coefficient (Wildman–Crippen LogP) is 14.6. The highest BCUT2D eigenvalue weighted by Gasteiger charge is 2.28. The first-order valence-corrected chi connectivity index (χ1v) is 22.5. The van der Waals surface area contributed by atoms with Gasteiger partial charge in [-0.15, -0.1) is 0 Å². The Kier molecular flexibility index (Phi) is 8.63. The van der Waals surface area contributed by atoms with Crippen molar-refractivity contribution in [1.82, 2.24) is 28.7 Å². The molecule has 1 aliphatic rings. The lowest BCUT2D eigenvalue weighted by molar-refractivity contribution is 1.09. The third kappa shape index (κ3) is 6.18. The summed E-state index contributed by atoms with van der Waals surface area (Å²) in [5.41, 5.74) is 15.6. The fourth-order valence-electron chi connectivity index (χ4n) is 9.30. The fraction of sp³-hybridized carbons (Fsp3) is 0. The Morgan fingerprint density at radius 2 is 0.631 bits per heavy atom. The van der Waals surface area contributed by atoms with Crippen molar-refractivity contribution in [1.29, 1.82) is 0 Å². The molecule has 0 unspecified atom stereocenters. The Labute approximate surface area is 379 Å². The van der Waals surface area contributed by atoms with E-state index in [0.717, 1.165) is 111 Å². The van der Waals surface area contributed by atoms with Gasteiger partial charge in [-0.05, 0) is 133 Å². The predicted molar refractivity (Wildman–Crippen MR) is 265 cm³/mol. The van der Waals surface area contributed by atoms with Crippen LogP contribution in [0.2, 0.25) is 0 Å². The second kappa shape index (κ2) is 15.1. The van der Waals surface area contributed by atoms with Crippen molar-refractivity contribution in [3.8, 4) is 51.2 Å². The lowest BCUT2D eigenvalue weighted by Gasteiger charge is -2.33. The van der Waals surface area contributed by atoms with Gasteiger partial charge in [0, 0.05) is 49.2 Å². The first-order chi connectivity index (χ1) is 32.2. The van der Waals surface area contributed by atoms with E-state index < -0.39 is 0 Å². The monoisotopic (exact) mass is 851 g/mol. The molecule has 65 heavy (non-hydrogen) atoms. The zero-order valence-electron chi connectivity index (χ0n) is 34.9. The molecule has 7 nitrogen and oxygen atoms in total. The van der Waals surface area contributed by atoms with E-state index >= 15 is 0 Å². The summed E-state index contributed by atoms with van der Waals surface area (Å²) in [5, 5.41) is 0. The van der Waals surface area contributed by atoms with Gasteiger partial charge in [0.1, 0.15) is 17.5 Å². The third-order valence-corrected chi connectivity index (χ3v) is 13.3. The number of aromatic nitrogens is 6. The molecule has 1 aliphatic heterocycles. The minimum Gasteiger partial charge on any atom is -0.308 e. The number of benzene rings is 9. The molecule has 13 rings (SSSR count). The Bertz CT molecular complexity index is 3570. The van der Waals surface area contributed by atoms with Crippen molar-refractivity contribution in [3.63, 3.8) is 0 Å². The number of nitrogens with zero attached hydrogens (tertiary/aromatic N) is 7. The van der Waals surface area contributed by atoms with Gasteiger partial charge in [0.05, 0.1) is 44.5 Å². The summed E-state index contributed by atoms with van der Waals surface area (Å²) in [7, 11) is 0. The molecular formula is C57H37N7S. The second-order valence-electron chi connectivity index (χ2n) is 16.1. The van der Waals surface area contributed by atoms with Crippen LogP contribution >= 0.6 is 11.8 Å². The molecule has 0 N–H and O–H groups in total. The van der Waals surface area contributed by atoms with E-state index in [9.17, 15) is 0 Å². The molecule has 0 amide bonds. The number of hydrogen-bond acceptors (Lipinski definition) is 5. The Hall–Kier alpha value is -8.46. The average molecular weight is 852 g/mol. The van der Waals surface area contributed by atoms with E-state index in [1.165, 1.54) is 0 Å². The smallest absolute Gasteiger partial charge is 0.145 e. The zero-order chi connectivity index (χ0) is 42.8. The van der Waals surface area contributed by atoms with Gasteiger partial charge in [-0.1, -0.05) is 103 Å². The number of para-hydroxylation sites is 9. The van der Waals surface area contributed by atoms with Crippen molar-refractivity contribution in [2.45, 2.75) is 9.79 Å². The van der Waals surface area contributed by atoms with Crippen LogP contribution in [0.15, 0.2) is 234 Å². The van der Waals surface area contributed by atoms with E-state index in [-0.39, 0.29) is 0 Å². The van der Waals surface area contributed by atoms with Crippen molar-refractivity contribution in [2.24, 2.45) is 0 Å². The standard InChI is InChI=1S/C57H37N7S/c1-4-16-41(17-5-1)62-48-25-13-10-22-45(48)58-55(62)38-28-32-44(33-29-38)61-51-34-30-39(56-59-46-23-11-14-26-49(46)63(56)42-18-6-2-7-19-42)36-53(51)65-54-37-40(31-35-52(54)61)57-60-47-24-12-15-27-50(47)64(57)43-20-8-3-9-21-43/h1-37H. The minimum atomic E-state index is 0.897. The highest BCUT2D eigenvalue weighted by Crippen LogP contribution is 2.53. The van der Waals surface area contributed by atoms with Crippen molar-refractivity contribution in [2.75, 3.05) is 4.90 Å². The van der Waals surface area contributed by atoms with Crippen LogP contribution in [-0.4, -0.2) is 28.7 Å². The molecule has 0 radical (unpaired) electrons. The maximum absolute atomic E-state index is 5.25. The molecule has 9 aromatic carbocycles. The second-order valence-corrected chi connectivity index (χ2v) is 17.2. The van der Waals surface area contributed by atoms with E-state index in [1.807, 2.05) is 6.07 Å². The third-order valence-electron chi connectivity index (χ3n) is 12.2.